The molecule has 1 aromatic heterocycles. The number of hydrogen-bond acceptors (Lipinski definition) is 2. The summed E-state index contributed by atoms with van der Waals surface area (Å²) in [6.45, 7) is 0.581. The molecule has 0 aliphatic heterocycles. The molecular formula is C23H18O2. The molecule has 4 rings (SSSR count). The van der Waals surface area contributed by atoms with Crippen molar-refractivity contribution < 1.29 is 9.15 Å². The molecule has 25 heavy (non-hydrogen) atoms. The molecule has 0 spiro atoms. The lowest BCUT2D eigenvalue weighted by molar-refractivity contribution is 0.306. The van der Waals surface area contributed by atoms with E-state index < -0.39 is 0 Å². The van der Waals surface area contributed by atoms with E-state index in [1.807, 2.05) is 42.5 Å². The van der Waals surface area contributed by atoms with Crippen LogP contribution in [0.4, 0.5) is 0 Å². The standard InChI is InChI=1S/C23H18O2/c1-2-5-18(6-3-1)17-25-22-14-12-20(13-15-22)19-8-10-21(11-9-19)23-7-4-16-24-23/h1-16H,17H2. The summed E-state index contributed by atoms with van der Waals surface area (Å²) in [5.74, 6) is 1.76. The highest BCUT2D eigenvalue weighted by atomic mass is 16.5. The fourth-order valence-corrected chi connectivity index (χ4v) is 2.75. The molecule has 0 aliphatic carbocycles. The summed E-state index contributed by atoms with van der Waals surface area (Å²) in [5.41, 5.74) is 4.58. The summed E-state index contributed by atoms with van der Waals surface area (Å²) in [6, 6.07) is 30.6. The monoisotopic (exact) mass is 326 g/mol. The predicted molar refractivity (Wildman–Crippen MR) is 100 cm³/mol. The first kappa shape index (κ1) is 15.3. The van der Waals surface area contributed by atoms with Crippen LogP contribution in [0.3, 0.4) is 0 Å². The zero-order chi connectivity index (χ0) is 16.9. The number of hydrogen-bond donors (Lipinski definition) is 0. The fraction of sp³-hybridized carbons (Fsp3) is 0.0435. The molecule has 2 heteroatoms. The van der Waals surface area contributed by atoms with Crippen LogP contribution in [0.15, 0.2) is 102 Å². The second-order valence-electron chi connectivity index (χ2n) is 5.85. The van der Waals surface area contributed by atoms with Crippen molar-refractivity contribution in [3.8, 4) is 28.2 Å². The molecule has 0 fully saturated rings. The van der Waals surface area contributed by atoms with Crippen LogP contribution in [0.5, 0.6) is 5.75 Å². The maximum absolute atomic E-state index is 5.84. The van der Waals surface area contributed by atoms with Crippen molar-refractivity contribution in [3.63, 3.8) is 0 Å². The number of rotatable bonds is 5. The molecular weight excluding hydrogens is 308 g/mol. The number of ether oxygens (including phenoxy) is 1. The van der Waals surface area contributed by atoms with Crippen LogP contribution >= 0.6 is 0 Å². The van der Waals surface area contributed by atoms with Crippen LogP contribution in [0.25, 0.3) is 22.5 Å². The Kier molecular flexibility index (Phi) is 4.34. The predicted octanol–water partition coefficient (Wildman–Crippen LogP) is 6.19. The molecule has 0 saturated heterocycles. The third-order valence-corrected chi connectivity index (χ3v) is 4.13. The minimum absolute atomic E-state index is 0.581. The molecule has 0 amide bonds. The van der Waals surface area contributed by atoms with Crippen LogP contribution in [0.1, 0.15) is 5.56 Å². The molecule has 4 aromatic rings. The first-order valence-electron chi connectivity index (χ1n) is 8.29. The Hall–Kier alpha value is -3.26. The quantitative estimate of drug-likeness (QED) is 0.436. The Morgan fingerprint density at radius 3 is 1.88 bits per heavy atom. The minimum Gasteiger partial charge on any atom is -0.489 e. The van der Waals surface area contributed by atoms with Gasteiger partial charge < -0.3 is 9.15 Å². The maximum Gasteiger partial charge on any atom is 0.133 e. The summed E-state index contributed by atoms with van der Waals surface area (Å²) in [7, 11) is 0. The zero-order valence-electron chi connectivity index (χ0n) is 13.8. The lowest BCUT2D eigenvalue weighted by Crippen LogP contribution is -1.94. The number of benzene rings is 3. The van der Waals surface area contributed by atoms with Crippen molar-refractivity contribution in [3.05, 3.63) is 103 Å². The summed E-state index contributed by atoms with van der Waals surface area (Å²) >= 11 is 0. The van der Waals surface area contributed by atoms with Gasteiger partial charge in [0.05, 0.1) is 6.26 Å². The highest BCUT2D eigenvalue weighted by Crippen LogP contribution is 2.26. The highest BCUT2D eigenvalue weighted by molar-refractivity contribution is 5.68. The normalized spacial score (nSPS) is 10.6. The van der Waals surface area contributed by atoms with Gasteiger partial charge in [0.2, 0.25) is 0 Å². The van der Waals surface area contributed by atoms with E-state index in [2.05, 4.69) is 48.5 Å². The summed E-state index contributed by atoms with van der Waals surface area (Å²) in [5, 5.41) is 0. The highest BCUT2D eigenvalue weighted by Gasteiger charge is 2.03. The van der Waals surface area contributed by atoms with E-state index in [4.69, 9.17) is 9.15 Å². The lowest BCUT2D eigenvalue weighted by Gasteiger charge is -2.08. The van der Waals surface area contributed by atoms with Gasteiger partial charge in [0.25, 0.3) is 0 Å². The topological polar surface area (TPSA) is 22.4 Å². The van der Waals surface area contributed by atoms with E-state index in [-0.39, 0.29) is 0 Å². The Balaban J connectivity index is 1.44. The van der Waals surface area contributed by atoms with Gasteiger partial charge in [0, 0.05) is 5.56 Å². The summed E-state index contributed by atoms with van der Waals surface area (Å²) in [4.78, 5) is 0. The van der Waals surface area contributed by atoms with Crippen LogP contribution in [0, 0.1) is 0 Å². The first-order valence-corrected chi connectivity index (χ1v) is 8.29. The van der Waals surface area contributed by atoms with Gasteiger partial charge in [0.15, 0.2) is 0 Å². The third kappa shape index (κ3) is 3.64. The number of furan rings is 1. The van der Waals surface area contributed by atoms with Crippen molar-refractivity contribution in [2.24, 2.45) is 0 Å². The van der Waals surface area contributed by atoms with Crippen molar-refractivity contribution in [1.29, 1.82) is 0 Å². The molecule has 1 heterocycles. The van der Waals surface area contributed by atoms with E-state index in [0.717, 1.165) is 22.6 Å². The van der Waals surface area contributed by atoms with Crippen molar-refractivity contribution >= 4 is 0 Å². The SMILES string of the molecule is c1ccc(COc2ccc(-c3ccc(-c4ccco4)cc3)cc2)cc1. The van der Waals surface area contributed by atoms with Crippen LogP contribution in [-0.4, -0.2) is 0 Å². The van der Waals surface area contributed by atoms with E-state index in [1.54, 1.807) is 6.26 Å². The van der Waals surface area contributed by atoms with Crippen molar-refractivity contribution in [2.45, 2.75) is 6.61 Å². The average Bonchev–Trinajstić information content (AvgIpc) is 3.23. The summed E-state index contributed by atoms with van der Waals surface area (Å²) < 4.78 is 11.3. The largest absolute Gasteiger partial charge is 0.489 e. The Morgan fingerprint density at radius 2 is 1.24 bits per heavy atom. The van der Waals surface area contributed by atoms with Gasteiger partial charge in [-0.3, -0.25) is 0 Å². The molecule has 0 bridgehead atoms. The van der Waals surface area contributed by atoms with Crippen molar-refractivity contribution in [2.75, 3.05) is 0 Å². The van der Waals surface area contributed by atoms with Gasteiger partial charge >= 0.3 is 0 Å². The second kappa shape index (κ2) is 7.10. The van der Waals surface area contributed by atoms with Crippen molar-refractivity contribution in [1.82, 2.24) is 0 Å². The molecule has 0 unspecified atom stereocenters. The van der Waals surface area contributed by atoms with Gasteiger partial charge in [-0.1, -0.05) is 66.7 Å². The van der Waals surface area contributed by atoms with Gasteiger partial charge in [-0.2, -0.15) is 0 Å². The Bertz CT molecular complexity index is 906. The maximum atomic E-state index is 5.84. The molecule has 0 saturated carbocycles. The molecule has 2 nitrogen and oxygen atoms in total. The van der Waals surface area contributed by atoms with E-state index >= 15 is 0 Å². The van der Waals surface area contributed by atoms with Gasteiger partial charge in [-0.05, 0) is 41.0 Å². The molecule has 0 N–H and O–H groups in total. The molecule has 122 valence electrons. The van der Waals surface area contributed by atoms with Gasteiger partial charge in [-0.25, -0.2) is 0 Å². The van der Waals surface area contributed by atoms with Gasteiger partial charge in [0.1, 0.15) is 18.1 Å². The lowest BCUT2D eigenvalue weighted by atomic mass is 10.0. The zero-order valence-corrected chi connectivity index (χ0v) is 13.8. The van der Waals surface area contributed by atoms with Crippen LogP contribution < -0.4 is 4.74 Å². The fourth-order valence-electron chi connectivity index (χ4n) is 2.75. The average molecular weight is 326 g/mol. The Labute approximate surface area is 147 Å². The molecule has 3 aromatic carbocycles. The molecule has 0 aliphatic rings. The van der Waals surface area contributed by atoms with Gasteiger partial charge in [-0.15, -0.1) is 0 Å². The molecule has 0 atom stereocenters. The molecule has 0 radical (unpaired) electrons. The smallest absolute Gasteiger partial charge is 0.133 e. The van der Waals surface area contributed by atoms with Crippen LogP contribution in [-0.2, 0) is 6.61 Å². The second-order valence-corrected chi connectivity index (χ2v) is 5.85. The third-order valence-electron chi connectivity index (χ3n) is 4.13. The van der Waals surface area contributed by atoms with E-state index in [1.165, 1.54) is 11.1 Å². The minimum atomic E-state index is 0.581. The first-order chi connectivity index (χ1) is 12.4. The summed E-state index contributed by atoms with van der Waals surface area (Å²) in [6.07, 6.45) is 1.69. The Morgan fingerprint density at radius 1 is 0.600 bits per heavy atom. The van der Waals surface area contributed by atoms with E-state index in [9.17, 15) is 0 Å². The van der Waals surface area contributed by atoms with E-state index in [0.29, 0.717) is 6.61 Å². The van der Waals surface area contributed by atoms with Crippen LogP contribution in [0.2, 0.25) is 0 Å².